The fourth-order valence-corrected chi connectivity index (χ4v) is 3.41. The van der Waals surface area contributed by atoms with Gasteiger partial charge in [-0.3, -0.25) is 4.90 Å². The second kappa shape index (κ2) is 6.21. The van der Waals surface area contributed by atoms with E-state index < -0.39 is 5.67 Å². The Hall–Kier alpha value is -1.67. The highest BCUT2D eigenvalue weighted by atomic mass is 19.1. The maximum Gasteiger partial charge on any atom is 0.138 e. The molecule has 0 bridgehead atoms. The van der Waals surface area contributed by atoms with Crippen LogP contribution in [0.2, 0.25) is 0 Å². The van der Waals surface area contributed by atoms with Crippen LogP contribution < -0.4 is 0 Å². The summed E-state index contributed by atoms with van der Waals surface area (Å²) in [4.78, 5) is 2.36. The van der Waals surface area contributed by atoms with Crippen molar-refractivity contribution in [3.8, 4) is 0 Å². The molecule has 2 aromatic rings. The molecule has 1 fully saturated rings. The number of halogens is 1. The number of aryl methyl sites for hydroxylation is 1. The van der Waals surface area contributed by atoms with Gasteiger partial charge in [0.2, 0.25) is 0 Å². The third kappa shape index (κ3) is 3.07. The summed E-state index contributed by atoms with van der Waals surface area (Å²) < 4.78 is 15.4. The second-order valence-corrected chi connectivity index (χ2v) is 6.47. The number of alkyl halides is 1. The first kappa shape index (κ1) is 15.2. The summed E-state index contributed by atoms with van der Waals surface area (Å²) >= 11 is 0. The number of likely N-dealkylation sites (tertiary alicyclic amines) is 1. The Morgan fingerprint density at radius 1 is 0.955 bits per heavy atom. The standard InChI is InChI=1S/C20H24FN/c1-16-7-6-10-19(17(16)2)20(21)11-13-22(14-12-20)15-18-8-4-3-5-9-18/h3-10H,11-15H2,1-2H3. The molecular formula is C20H24FN. The summed E-state index contributed by atoms with van der Waals surface area (Å²) in [5.74, 6) is 0. The van der Waals surface area contributed by atoms with Crippen molar-refractivity contribution in [2.24, 2.45) is 0 Å². The maximum atomic E-state index is 15.4. The van der Waals surface area contributed by atoms with Crippen LogP contribution in [0.1, 0.15) is 35.1 Å². The third-order valence-electron chi connectivity index (χ3n) is 4.98. The molecule has 0 aliphatic carbocycles. The van der Waals surface area contributed by atoms with Gasteiger partial charge in [-0.25, -0.2) is 4.39 Å². The van der Waals surface area contributed by atoms with Gasteiger partial charge in [0.1, 0.15) is 5.67 Å². The minimum absolute atomic E-state index is 0.587. The molecule has 1 saturated heterocycles. The van der Waals surface area contributed by atoms with Gasteiger partial charge < -0.3 is 0 Å². The Kier molecular flexibility index (Phi) is 4.30. The highest BCUT2D eigenvalue weighted by molar-refractivity contribution is 5.37. The molecule has 0 spiro atoms. The lowest BCUT2D eigenvalue weighted by Gasteiger charge is -2.37. The Morgan fingerprint density at radius 3 is 2.32 bits per heavy atom. The molecule has 1 nitrogen and oxygen atoms in total. The van der Waals surface area contributed by atoms with Gasteiger partial charge in [-0.2, -0.15) is 0 Å². The van der Waals surface area contributed by atoms with Crippen LogP contribution in [0.15, 0.2) is 48.5 Å². The van der Waals surface area contributed by atoms with E-state index in [0.717, 1.165) is 30.8 Å². The van der Waals surface area contributed by atoms with Crippen LogP contribution >= 0.6 is 0 Å². The Morgan fingerprint density at radius 2 is 1.64 bits per heavy atom. The third-order valence-corrected chi connectivity index (χ3v) is 4.98. The van der Waals surface area contributed by atoms with Crippen molar-refractivity contribution >= 4 is 0 Å². The SMILES string of the molecule is Cc1cccc(C2(F)CCN(Cc3ccccc3)CC2)c1C. The summed E-state index contributed by atoms with van der Waals surface area (Å²) in [5.41, 5.74) is 3.33. The van der Waals surface area contributed by atoms with Crippen LogP contribution in [0.4, 0.5) is 4.39 Å². The van der Waals surface area contributed by atoms with E-state index in [0.29, 0.717) is 12.8 Å². The van der Waals surface area contributed by atoms with Crippen LogP contribution in [0.25, 0.3) is 0 Å². The van der Waals surface area contributed by atoms with Gasteiger partial charge in [0, 0.05) is 19.6 Å². The summed E-state index contributed by atoms with van der Waals surface area (Å²) in [6, 6.07) is 16.5. The van der Waals surface area contributed by atoms with Crippen LogP contribution in [0, 0.1) is 13.8 Å². The quantitative estimate of drug-likeness (QED) is 0.789. The lowest BCUT2D eigenvalue weighted by molar-refractivity contribution is 0.0520. The first-order valence-electron chi connectivity index (χ1n) is 8.10. The van der Waals surface area contributed by atoms with Crippen molar-refractivity contribution in [2.75, 3.05) is 13.1 Å². The smallest absolute Gasteiger partial charge is 0.138 e. The molecule has 0 radical (unpaired) electrons. The highest BCUT2D eigenvalue weighted by Gasteiger charge is 2.37. The zero-order valence-corrected chi connectivity index (χ0v) is 13.5. The molecule has 22 heavy (non-hydrogen) atoms. The number of benzene rings is 2. The zero-order valence-electron chi connectivity index (χ0n) is 13.5. The van der Waals surface area contributed by atoms with Crippen molar-refractivity contribution in [3.63, 3.8) is 0 Å². The molecule has 1 aliphatic heterocycles. The fraction of sp³-hybridized carbons (Fsp3) is 0.400. The summed E-state index contributed by atoms with van der Waals surface area (Å²) in [6.07, 6.45) is 1.17. The summed E-state index contributed by atoms with van der Waals surface area (Å²) in [5, 5.41) is 0. The van der Waals surface area contributed by atoms with Crippen LogP contribution in [0.3, 0.4) is 0 Å². The molecule has 0 amide bonds. The Labute approximate surface area is 132 Å². The van der Waals surface area contributed by atoms with Gasteiger partial charge >= 0.3 is 0 Å². The van der Waals surface area contributed by atoms with E-state index in [1.807, 2.05) is 25.1 Å². The van der Waals surface area contributed by atoms with Gasteiger partial charge in [0.05, 0.1) is 0 Å². The molecule has 0 atom stereocenters. The average Bonchev–Trinajstić information content (AvgIpc) is 2.53. The molecule has 0 N–H and O–H groups in total. The lowest BCUT2D eigenvalue weighted by atomic mass is 9.82. The monoisotopic (exact) mass is 297 g/mol. The average molecular weight is 297 g/mol. The molecule has 0 saturated carbocycles. The molecule has 1 heterocycles. The number of hydrogen-bond acceptors (Lipinski definition) is 1. The van der Waals surface area contributed by atoms with Crippen LogP contribution in [0.5, 0.6) is 0 Å². The van der Waals surface area contributed by atoms with Gasteiger partial charge in [-0.05, 0) is 48.9 Å². The van der Waals surface area contributed by atoms with Crippen molar-refractivity contribution in [1.82, 2.24) is 4.90 Å². The fourth-order valence-electron chi connectivity index (χ4n) is 3.41. The van der Waals surface area contributed by atoms with Gasteiger partial charge in [-0.15, -0.1) is 0 Å². The van der Waals surface area contributed by atoms with Crippen molar-refractivity contribution in [3.05, 3.63) is 70.8 Å². The van der Waals surface area contributed by atoms with Crippen LogP contribution in [-0.2, 0) is 12.2 Å². The lowest BCUT2D eigenvalue weighted by Crippen LogP contribution is -2.40. The van der Waals surface area contributed by atoms with E-state index in [4.69, 9.17) is 0 Å². The Balaban J connectivity index is 1.69. The molecule has 116 valence electrons. The first-order valence-corrected chi connectivity index (χ1v) is 8.10. The summed E-state index contributed by atoms with van der Waals surface area (Å²) in [6.45, 7) is 6.66. The maximum absolute atomic E-state index is 15.4. The number of piperidine rings is 1. The predicted octanol–water partition coefficient (Wildman–Crippen LogP) is 4.76. The zero-order chi connectivity index (χ0) is 15.6. The largest absolute Gasteiger partial charge is 0.299 e. The van der Waals surface area contributed by atoms with Crippen molar-refractivity contribution < 1.29 is 4.39 Å². The van der Waals surface area contributed by atoms with E-state index in [1.165, 1.54) is 11.1 Å². The number of rotatable bonds is 3. The van der Waals surface area contributed by atoms with E-state index in [2.05, 4.69) is 42.2 Å². The minimum atomic E-state index is -1.16. The molecule has 3 rings (SSSR count). The van der Waals surface area contributed by atoms with Gasteiger partial charge in [0.25, 0.3) is 0 Å². The normalized spacial score (nSPS) is 18.3. The Bertz CT molecular complexity index is 627. The van der Waals surface area contributed by atoms with E-state index in [-0.39, 0.29) is 0 Å². The predicted molar refractivity (Wildman–Crippen MR) is 89.7 cm³/mol. The summed E-state index contributed by atoms with van der Waals surface area (Å²) in [7, 11) is 0. The topological polar surface area (TPSA) is 3.24 Å². The van der Waals surface area contributed by atoms with Crippen molar-refractivity contribution in [2.45, 2.75) is 38.9 Å². The first-order chi connectivity index (χ1) is 10.6. The van der Waals surface area contributed by atoms with Crippen molar-refractivity contribution in [1.29, 1.82) is 0 Å². The molecule has 0 unspecified atom stereocenters. The highest BCUT2D eigenvalue weighted by Crippen LogP contribution is 2.39. The minimum Gasteiger partial charge on any atom is -0.299 e. The molecule has 2 heteroatoms. The number of hydrogen-bond donors (Lipinski definition) is 0. The van der Waals surface area contributed by atoms with E-state index in [1.54, 1.807) is 0 Å². The second-order valence-electron chi connectivity index (χ2n) is 6.47. The molecule has 1 aliphatic rings. The van der Waals surface area contributed by atoms with Gasteiger partial charge in [0.15, 0.2) is 0 Å². The van der Waals surface area contributed by atoms with Gasteiger partial charge in [-0.1, -0.05) is 48.5 Å². The number of nitrogens with zero attached hydrogens (tertiary/aromatic N) is 1. The molecule has 2 aromatic carbocycles. The van der Waals surface area contributed by atoms with E-state index >= 15 is 4.39 Å². The van der Waals surface area contributed by atoms with Crippen LogP contribution in [-0.4, -0.2) is 18.0 Å². The molecule has 0 aromatic heterocycles. The molecular weight excluding hydrogens is 273 g/mol. The van der Waals surface area contributed by atoms with E-state index in [9.17, 15) is 0 Å².